The molecule has 0 fully saturated rings. The van der Waals surface area contributed by atoms with Gasteiger partial charge >= 0.3 is 11.9 Å². The fraction of sp³-hybridized carbons (Fsp3) is 0.258. The number of hydrogen-bond acceptors (Lipinski definition) is 3. The molecular weight excluding hydrogens is 535 g/mol. The number of aliphatic carboxylic acids is 1. The lowest BCUT2D eigenvalue weighted by Gasteiger charge is -2.28. The number of carbonyl (C=O) groups excluding carboxylic acids is 1. The first kappa shape index (κ1) is 28.2. The molecular formula is C31H28Cl2N2O4. The molecule has 1 aliphatic heterocycles. The van der Waals surface area contributed by atoms with Crippen LogP contribution < -0.4 is 0 Å². The lowest BCUT2D eigenvalue weighted by molar-refractivity contribution is -0.512. The number of amides is 1. The summed E-state index contributed by atoms with van der Waals surface area (Å²) in [7, 11) is 0. The Morgan fingerprint density at radius 1 is 1.05 bits per heavy atom. The van der Waals surface area contributed by atoms with Crippen LogP contribution in [-0.4, -0.2) is 32.5 Å². The van der Waals surface area contributed by atoms with Crippen LogP contribution in [0.2, 0.25) is 10.0 Å². The average Bonchev–Trinajstić information content (AvgIpc) is 3.00. The van der Waals surface area contributed by atoms with Crippen LogP contribution in [0.3, 0.4) is 0 Å². The van der Waals surface area contributed by atoms with E-state index in [-0.39, 0.29) is 18.2 Å². The zero-order valence-electron chi connectivity index (χ0n) is 21.7. The largest absolute Gasteiger partial charge is 0.715 e. The minimum absolute atomic E-state index is 0.00980. The molecule has 3 aromatic rings. The first-order valence-corrected chi connectivity index (χ1v) is 13.4. The van der Waals surface area contributed by atoms with Gasteiger partial charge in [-0.1, -0.05) is 47.3 Å². The van der Waals surface area contributed by atoms with Crippen LogP contribution in [0.15, 0.2) is 66.7 Å². The standard InChI is InChI=1S/C31H28Cl2N2O4/c1-3-6-21-9-18-26-27(19-21)31(38)34(20(2)22-10-14-24(32)15-11-22)30(23-12-16-25(33)17-13-23)35(39)28(26)7-4-5-8-29(36)37/h9-20,28H,4-5,7-8H2,1-2H3,(H,36,37)/t20?,28-/m1/s1. The second-order valence-corrected chi connectivity index (χ2v) is 10.3. The van der Waals surface area contributed by atoms with E-state index in [1.807, 2.05) is 19.1 Å². The van der Waals surface area contributed by atoms with Crippen LogP contribution in [0.5, 0.6) is 0 Å². The SMILES string of the molecule is CC#Cc1ccc2c(c1)C(=O)N(C(C)c1ccc(Cl)cc1)C(c1ccc(Cl)cc1)=[N+]([O-])[C@@H]2CCCCC(=O)O. The van der Waals surface area contributed by atoms with E-state index in [0.29, 0.717) is 51.6 Å². The van der Waals surface area contributed by atoms with E-state index in [1.165, 1.54) is 4.90 Å². The second-order valence-electron chi connectivity index (χ2n) is 9.39. The molecule has 0 saturated heterocycles. The molecule has 0 radical (unpaired) electrons. The number of hydroxylamine groups is 1. The van der Waals surface area contributed by atoms with E-state index < -0.39 is 18.1 Å². The van der Waals surface area contributed by atoms with Crippen LogP contribution in [0.1, 0.15) is 84.2 Å². The quantitative estimate of drug-likeness (QED) is 0.136. The van der Waals surface area contributed by atoms with Gasteiger partial charge in [0, 0.05) is 27.6 Å². The minimum atomic E-state index is -0.885. The van der Waals surface area contributed by atoms with Gasteiger partial charge in [0.25, 0.3) is 5.84 Å². The molecule has 0 aliphatic carbocycles. The van der Waals surface area contributed by atoms with Crippen molar-refractivity contribution in [3.63, 3.8) is 0 Å². The summed E-state index contributed by atoms with van der Waals surface area (Å²) in [5, 5.41) is 24.5. The van der Waals surface area contributed by atoms with E-state index in [1.54, 1.807) is 61.5 Å². The monoisotopic (exact) mass is 562 g/mol. The van der Waals surface area contributed by atoms with Gasteiger partial charge in [0.1, 0.15) is 12.1 Å². The number of benzene rings is 3. The van der Waals surface area contributed by atoms with Gasteiger partial charge in [-0.2, -0.15) is 4.90 Å². The van der Waals surface area contributed by atoms with Crippen molar-refractivity contribution in [1.82, 2.24) is 4.90 Å². The zero-order valence-corrected chi connectivity index (χ0v) is 23.2. The highest BCUT2D eigenvalue weighted by Crippen LogP contribution is 2.36. The second kappa shape index (κ2) is 12.4. The lowest BCUT2D eigenvalue weighted by Crippen LogP contribution is -2.42. The van der Waals surface area contributed by atoms with Gasteiger partial charge in [0.05, 0.1) is 11.1 Å². The number of carboxylic acid groups (broad SMARTS) is 1. The molecule has 8 heteroatoms. The Balaban J connectivity index is 1.94. The molecule has 0 aromatic heterocycles. The molecule has 6 nitrogen and oxygen atoms in total. The summed E-state index contributed by atoms with van der Waals surface area (Å²) in [4.78, 5) is 27.0. The first-order chi connectivity index (χ1) is 18.7. The molecule has 39 heavy (non-hydrogen) atoms. The highest BCUT2D eigenvalue weighted by molar-refractivity contribution is 6.31. The number of nitrogens with zero attached hydrogens (tertiary/aromatic N) is 2. The predicted molar refractivity (Wildman–Crippen MR) is 153 cm³/mol. The van der Waals surface area contributed by atoms with Gasteiger partial charge in [0.15, 0.2) is 0 Å². The maximum absolute atomic E-state index is 14.4. The third-order valence-electron chi connectivity index (χ3n) is 6.81. The summed E-state index contributed by atoms with van der Waals surface area (Å²) in [6, 6.07) is 18.1. The van der Waals surface area contributed by atoms with E-state index in [4.69, 9.17) is 28.3 Å². The van der Waals surface area contributed by atoms with Crippen LogP contribution in [0, 0.1) is 17.0 Å². The van der Waals surface area contributed by atoms with Crippen molar-refractivity contribution in [2.24, 2.45) is 0 Å². The van der Waals surface area contributed by atoms with E-state index in [2.05, 4.69) is 11.8 Å². The normalized spacial score (nSPS) is 15.7. The van der Waals surface area contributed by atoms with Crippen LogP contribution in [-0.2, 0) is 4.79 Å². The Morgan fingerprint density at radius 3 is 2.31 bits per heavy atom. The molecule has 1 amide bonds. The molecule has 1 N–H and O–H groups in total. The number of halogens is 2. The van der Waals surface area contributed by atoms with E-state index in [9.17, 15) is 14.8 Å². The highest BCUT2D eigenvalue weighted by Gasteiger charge is 2.42. The third kappa shape index (κ3) is 6.27. The molecule has 2 atom stereocenters. The van der Waals surface area contributed by atoms with E-state index in [0.717, 1.165) is 10.3 Å². The van der Waals surface area contributed by atoms with Crippen LogP contribution in [0.4, 0.5) is 0 Å². The summed E-state index contributed by atoms with van der Waals surface area (Å²) in [5.41, 5.74) is 2.99. The van der Waals surface area contributed by atoms with Crippen molar-refractivity contribution in [1.29, 1.82) is 0 Å². The summed E-state index contributed by atoms with van der Waals surface area (Å²) in [5.74, 6) is 4.86. The summed E-state index contributed by atoms with van der Waals surface area (Å²) >= 11 is 12.3. The Labute approximate surface area is 238 Å². The Kier molecular flexibility index (Phi) is 8.96. The van der Waals surface area contributed by atoms with Crippen LogP contribution >= 0.6 is 23.2 Å². The molecule has 0 saturated carbocycles. The van der Waals surface area contributed by atoms with Gasteiger partial charge in [-0.3, -0.25) is 9.53 Å². The molecule has 1 unspecified atom stereocenters. The van der Waals surface area contributed by atoms with Crippen molar-refractivity contribution in [3.05, 3.63) is 110 Å². The molecule has 0 spiro atoms. The fourth-order valence-corrected chi connectivity index (χ4v) is 5.11. The number of fused-ring (bicyclic) bond motifs is 1. The van der Waals surface area contributed by atoms with Gasteiger partial charge in [-0.25, -0.2) is 4.79 Å². The van der Waals surface area contributed by atoms with Crippen molar-refractivity contribution in [3.8, 4) is 11.8 Å². The number of carbonyl (C=O) groups is 2. The van der Waals surface area contributed by atoms with Crippen molar-refractivity contribution in [2.75, 3.05) is 0 Å². The lowest BCUT2D eigenvalue weighted by atomic mass is 9.94. The molecule has 4 rings (SSSR count). The molecule has 200 valence electrons. The fourth-order valence-electron chi connectivity index (χ4n) is 4.86. The van der Waals surface area contributed by atoms with Crippen molar-refractivity contribution >= 4 is 40.9 Å². The zero-order chi connectivity index (χ0) is 28.1. The maximum Gasteiger partial charge on any atom is 0.342 e. The van der Waals surface area contributed by atoms with Gasteiger partial charge < -0.3 is 10.3 Å². The molecule has 3 aromatic carbocycles. The topological polar surface area (TPSA) is 83.7 Å². The van der Waals surface area contributed by atoms with Crippen molar-refractivity contribution < 1.29 is 19.4 Å². The minimum Gasteiger partial charge on any atom is -0.715 e. The summed E-state index contributed by atoms with van der Waals surface area (Å²) in [6.45, 7) is 3.59. The number of carboxylic acids is 1. The van der Waals surface area contributed by atoms with Crippen LogP contribution in [0.25, 0.3) is 0 Å². The Hall–Kier alpha value is -3.79. The van der Waals surface area contributed by atoms with E-state index >= 15 is 0 Å². The van der Waals surface area contributed by atoms with Crippen molar-refractivity contribution in [2.45, 2.75) is 51.6 Å². The molecule has 1 heterocycles. The van der Waals surface area contributed by atoms with Gasteiger partial charge in [0.2, 0.25) is 0 Å². The Bertz CT molecular complexity index is 1470. The number of unbranched alkanes of at least 4 members (excludes halogenated alkanes) is 1. The summed E-state index contributed by atoms with van der Waals surface area (Å²) in [6.07, 6.45) is 1.30. The third-order valence-corrected chi connectivity index (χ3v) is 7.32. The number of hydrogen-bond donors (Lipinski definition) is 1. The van der Waals surface area contributed by atoms with Gasteiger partial charge in [-0.05, 0) is 87.2 Å². The number of rotatable bonds is 8. The highest BCUT2D eigenvalue weighted by atomic mass is 35.5. The molecule has 1 aliphatic rings. The number of amidine groups is 1. The smallest absolute Gasteiger partial charge is 0.342 e. The van der Waals surface area contributed by atoms with Gasteiger partial charge in [-0.15, -0.1) is 5.92 Å². The first-order valence-electron chi connectivity index (χ1n) is 12.7. The Morgan fingerprint density at radius 2 is 1.69 bits per heavy atom. The average molecular weight is 563 g/mol. The predicted octanol–water partition coefficient (Wildman–Crippen LogP) is 7.23. The molecule has 0 bridgehead atoms. The maximum atomic E-state index is 14.4. The summed E-state index contributed by atoms with van der Waals surface area (Å²) < 4.78 is 0.894.